The highest BCUT2D eigenvalue weighted by Gasteiger charge is 2.20. The monoisotopic (exact) mass is 229 g/mol. The van der Waals surface area contributed by atoms with E-state index >= 15 is 0 Å². The van der Waals surface area contributed by atoms with Crippen LogP contribution in [0.15, 0.2) is 24.3 Å². The lowest BCUT2D eigenvalue weighted by Crippen LogP contribution is -2.12. The molecular formula is C14H15NO2. The van der Waals surface area contributed by atoms with Crippen molar-refractivity contribution in [1.82, 2.24) is 4.57 Å². The van der Waals surface area contributed by atoms with Gasteiger partial charge in [-0.3, -0.25) is 4.79 Å². The average Bonchev–Trinajstić information content (AvgIpc) is 2.65. The fourth-order valence-electron chi connectivity index (χ4n) is 2.88. The van der Waals surface area contributed by atoms with Gasteiger partial charge in [-0.05, 0) is 30.9 Å². The summed E-state index contributed by atoms with van der Waals surface area (Å²) >= 11 is 0. The Morgan fingerprint density at radius 2 is 2.12 bits per heavy atom. The van der Waals surface area contributed by atoms with Crippen LogP contribution in [0.1, 0.15) is 24.1 Å². The van der Waals surface area contributed by atoms with E-state index in [1.54, 1.807) is 0 Å². The number of aliphatic carboxylic acids is 1. The molecule has 1 N–H and O–H groups in total. The minimum absolute atomic E-state index is 0.142. The summed E-state index contributed by atoms with van der Waals surface area (Å²) < 4.78 is 2.30. The molecule has 0 saturated carbocycles. The van der Waals surface area contributed by atoms with Gasteiger partial charge in [0.1, 0.15) is 0 Å². The molecule has 3 nitrogen and oxygen atoms in total. The van der Waals surface area contributed by atoms with Crippen LogP contribution in [0.3, 0.4) is 0 Å². The van der Waals surface area contributed by atoms with Gasteiger partial charge in [0.15, 0.2) is 0 Å². The number of carbonyl (C=O) groups is 1. The minimum atomic E-state index is -0.741. The molecule has 0 bridgehead atoms. The van der Waals surface area contributed by atoms with Gasteiger partial charge >= 0.3 is 5.97 Å². The number of carboxylic acids is 1. The van der Waals surface area contributed by atoms with Gasteiger partial charge in [0, 0.05) is 23.1 Å². The van der Waals surface area contributed by atoms with Crippen molar-refractivity contribution in [3.63, 3.8) is 0 Å². The molecule has 3 heteroatoms. The fraction of sp³-hybridized carbons (Fsp3) is 0.357. The van der Waals surface area contributed by atoms with Crippen molar-refractivity contribution in [3.05, 3.63) is 35.5 Å². The Bertz CT molecular complexity index is 583. The Hall–Kier alpha value is -1.77. The Balaban J connectivity index is 2.27. The predicted molar refractivity (Wildman–Crippen MR) is 66.2 cm³/mol. The van der Waals surface area contributed by atoms with Crippen molar-refractivity contribution in [2.75, 3.05) is 0 Å². The molecule has 0 unspecified atom stereocenters. The first-order valence-electron chi connectivity index (χ1n) is 6.08. The van der Waals surface area contributed by atoms with Crippen LogP contribution in [-0.4, -0.2) is 15.6 Å². The van der Waals surface area contributed by atoms with E-state index in [1.165, 1.54) is 24.1 Å². The fourth-order valence-corrected chi connectivity index (χ4v) is 2.88. The molecule has 2 aromatic rings. The first-order chi connectivity index (χ1) is 8.27. The number of benzene rings is 1. The van der Waals surface area contributed by atoms with Gasteiger partial charge in [-0.2, -0.15) is 0 Å². The Morgan fingerprint density at radius 3 is 2.94 bits per heavy atom. The summed E-state index contributed by atoms with van der Waals surface area (Å²) in [4.78, 5) is 11.0. The maximum absolute atomic E-state index is 11.0. The lowest BCUT2D eigenvalue weighted by molar-refractivity contribution is -0.136. The van der Waals surface area contributed by atoms with Crippen LogP contribution >= 0.6 is 0 Å². The standard InChI is InChI=1S/C14H15NO2/c16-14(17)9-11-10-5-1-2-6-12(10)15-8-4-3-7-13(11)15/h1-2,5-6H,3-4,7-9H2,(H,16,17). The second kappa shape index (κ2) is 3.91. The number of aryl methyl sites for hydroxylation is 1. The average molecular weight is 229 g/mol. The molecule has 0 fully saturated rings. The normalized spacial score (nSPS) is 14.8. The minimum Gasteiger partial charge on any atom is -0.481 e. The van der Waals surface area contributed by atoms with Gasteiger partial charge in [-0.15, -0.1) is 0 Å². The SMILES string of the molecule is O=C(O)Cc1c2n(c3ccccc13)CCCC2. The number of hydrogen-bond acceptors (Lipinski definition) is 1. The van der Waals surface area contributed by atoms with Crippen LogP contribution in [0, 0.1) is 0 Å². The first kappa shape index (κ1) is 10.4. The maximum atomic E-state index is 11.0. The molecule has 0 amide bonds. The first-order valence-corrected chi connectivity index (χ1v) is 6.08. The number of aromatic nitrogens is 1. The zero-order valence-electron chi connectivity index (χ0n) is 9.65. The molecule has 0 saturated heterocycles. The predicted octanol–water partition coefficient (Wildman–Crippen LogP) is 2.60. The molecule has 2 heterocycles. The third-order valence-electron chi connectivity index (χ3n) is 3.57. The summed E-state index contributed by atoms with van der Waals surface area (Å²) in [5, 5.41) is 10.2. The van der Waals surface area contributed by atoms with Crippen molar-refractivity contribution in [2.45, 2.75) is 32.2 Å². The number of rotatable bonds is 2. The Kier molecular flexibility index (Phi) is 2.39. The highest BCUT2D eigenvalue weighted by Crippen LogP contribution is 2.30. The lowest BCUT2D eigenvalue weighted by atomic mass is 10.0. The number of fused-ring (bicyclic) bond motifs is 3. The van der Waals surface area contributed by atoms with Crippen molar-refractivity contribution >= 4 is 16.9 Å². The Labute approximate surface area is 99.7 Å². The van der Waals surface area contributed by atoms with Gasteiger partial charge in [-0.1, -0.05) is 18.2 Å². The van der Waals surface area contributed by atoms with Crippen molar-refractivity contribution < 1.29 is 9.90 Å². The summed E-state index contributed by atoms with van der Waals surface area (Å²) in [6, 6.07) is 8.14. The van der Waals surface area contributed by atoms with Crippen LogP contribution in [-0.2, 0) is 24.2 Å². The van der Waals surface area contributed by atoms with Gasteiger partial charge < -0.3 is 9.67 Å². The molecule has 1 aliphatic rings. The molecule has 0 aliphatic carbocycles. The van der Waals surface area contributed by atoms with Gasteiger partial charge in [0.25, 0.3) is 0 Å². The van der Waals surface area contributed by atoms with Crippen LogP contribution in [0.2, 0.25) is 0 Å². The molecular weight excluding hydrogens is 214 g/mol. The van der Waals surface area contributed by atoms with E-state index in [1.807, 2.05) is 18.2 Å². The summed E-state index contributed by atoms with van der Waals surface area (Å²) in [6.45, 7) is 1.02. The second-order valence-electron chi connectivity index (χ2n) is 4.62. The molecule has 17 heavy (non-hydrogen) atoms. The maximum Gasteiger partial charge on any atom is 0.307 e. The smallest absolute Gasteiger partial charge is 0.307 e. The third kappa shape index (κ3) is 1.62. The summed E-state index contributed by atoms with van der Waals surface area (Å²) in [5.41, 5.74) is 3.45. The van der Waals surface area contributed by atoms with Gasteiger partial charge in [-0.25, -0.2) is 0 Å². The third-order valence-corrected chi connectivity index (χ3v) is 3.57. The summed E-state index contributed by atoms with van der Waals surface area (Å²) in [5.74, 6) is -0.741. The second-order valence-corrected chi connectivity index (χ2v) is 4.62. The molecule has 1 aliphatic heterocycles. The molecule has 0 spiro atoms. The van der Waals surface area contributed by atoms with Crippen molar-refractivity contribution in [2.24, 2.45) is 0 Å². The van der Waals surface area contributed by atoms with E-state index in [0.29, 0.717) is 0 Å². The topological polar surface area (TPSA) is 42.2 Å². The number of nitrogens with zero attached hydrogens (tertiary/aromatic N) is 1. The van der Waals surface area contributed by atoms with Crippen LogP contribution in [0.25, 0.3) is 10.9 Å². The molecule has 1 aromatic heterocycles. The number of carboxylic acid groups (broad SMARTS) is 1. The van der Waals surface area contributed by atoms with Crippen LogP contribution in [0.4, 0.5) is 0 Å². The van der Waals surface area contributed by atoms with Crippen molar-refractivity contribution in [1.29, 1.82) is 0 Å². The van der Waals surface area contributed by atoms with E-state index in [-0.39, 0.29) is 6.42 Å². The van der Waals surface area contributed by atoms with E-state index in [4.69, 9.17) is 5.11 Å². The van der Waals surface area contributed by atoms with Crippen LogP contribution < -0.4 is 0 Å². The van der Waals surface area contributed by atoms with Gasteiger partial charge in [0.05, 0.1) is 6.42 Å². The largest absolute Gasteiger partial charge is 0.481 e. The molecule has 0 radical (unpaired) electrons. The molecule has 88 valence electrons. The number of para-hydroxylation sites is 1. The number of hydrogen-bond donors (Lipinski definition) is 1. The van der Waals surface area contributed by atoms with Crippen molar-refractivity contribution in [3.8, 4) is 0 Å². The molecule has 0 atom stereocenters. The van der Waals surface area contributed by atoms with Crippen LogP contribution in [0.5, 0.6) is 0 Å². The Morgan fingerprint density at radius 1 is 1.29 bits per heavy atom. The zero-order valence-corrected chi connectivity index (χ0v) is 9.65. The molecule has 1 aromatic carbocycles. The van der Waals surface area contributed by atoms with E-state index in [9.17, 15) is 4.79 Å². The zero-order chi connectivity index (χ0) is 11.8. The lowest BCUT2D eigenvalue weighted by Gasteiger charge is -2.16. The highest BCUT2D eigenvalue weighted by molar-refractivity contribution is 5.89. The van der Waals surface area contributed by atoms with E-state index in [0.717, 1.165) is 23.9 Å². The molecule has 3 rings (SSSR count). The highest BCUT2D eigenvalue weighted by atomic mass is 16.4. The van der Waals surface area contributed by atoms with Gasteiger partial charge in [0.2, 0.25) is 0 Å². The quantitative estimate of drug-likeness (QED) is 0.860. The summed E-state index contributed by atoms with van der Waals surface area (Å²) in [7, 11) is 0. The van der Waals surface area contributed by atoms with E-state index in [2.05, 4.69) is 10.6 Å². The van der Waals surface area contributed by atoms with E-state index < -0.39 is 5.97 Å². The summed E-state index contributed by atoms with van der Waals surface area (Å²) in [6.07, 6.45) is 3.52.